The molecular weight excluding hydrogens is 340 g/mol. The number of nitrogens with zero attached hydrogens (tertiary/aromatic N) is 2. The van der Waals surface area contributed by atoms with Crippen LogP contribution in [0, 0.1) is 0 Å². The van der Waals surface area contributed by atoms with Gasteiger partial charge in [-0.15, -0.1) is 0 Å². The molecule has 140 valence electrons. The molecule has 0 aromatic heterocycles. The Morgan fingerprint density at radius 2 is 1.59 bits per heavy atom. The second-order valence-electron chi connectivity index (χ2n) is 6.93. The van der Waals surface area contributed by atoms with Crippen molar-refractivity contribution in [2.45, 2.75) is 12.5 Å². The van der Waals surface area contributed by atoms with E-state index in [2.05, 4.69) is 0 Å². The predicted molar refractivity (Wildman–Crippen MR) is 105 cm³/mol. The van der Waals surface area contributed by atoms with Crippen molar-refractivity contribution < 1.29 is 14.7 Å². The van der Waals surface area contributed by atoms with E-state index in [1.807, 2.05) is 55.4 Å². The lowest BCUT2D eigenvalue weighted by molar-refractivity contribution is -0.139. The van der Waals surface area contributed by atoms with Crippen LogP contribution in [0.5, 0.6) is 0 Å². The van der Waals surface area contributed by atoms with Gasteiger partial charge in [-0.05, 0) is 32.6 Å². The van der Waals surface area contributed by atoms with Crippen LogP contribution in [-0.4, -0.2) is 53.8 Å². The van der Waals surface area contributed by atoms with E-state index in [0.29, 0.717) is 12.1 Å². The number of likely N-dealkylation sites (tertiary alicyclic amines) is 1. The van der Waals surface area contributed by atoms with Gasteiger partial charge in [0.15, 0.2) is 0 Å². The molecular formula is C22H24N2O3. The molecule has 2 aromatic carbocycles. The first-order valence-electron chi connectivity index (χ1n) is 9.04. The van der Waals surface area contributed by atoms with Crippen molar-refractivity contribution in [3.8, 4) is 0 Å². The van der Waals surface area contributed by atoms with Crippen LogP contribution in [-0.2, 0) is 9.59 Å². The maximum Gasteiger partial charge on any atom is 0.295 e. The maximum atomic E-state index is 12.8. The molecule has 1 N–H and O–H groups in total. The molecule has 1 heterocycles. The summed E-state index contributed by atoms with van der Waals surface area (Å²) in [4.78, 5) is 29.1. The summed E-state index contributed by atoms with van der Waals surface area (Å²) in [7, 11) is 3.94. The number of Topliss-reactive ketones (excluding diaryl/α,β-unsaturated/α-hetero) is 1. The molecule has 27 heavy (non-hydrogen) atoms. The zero-order valence-electron chi connectivity index (χ0n) is 15.6. The second kappa shape index (κ2) is 8.18. The van der Waals surface area contributed by atoms with E-state index in [4.69, 9.17) is 0 Å². The molecule has 0 bridgehead atoms. The van der Waals surface area contributed by atoms with E-state index in [0.717, 1.165) is 18.5 Å². The summed E-state index contributed by atoms with van der Waals surface area (Å²) in [5.74, 6) is -1.31. The van der Waals surface area contributed by atoms with E-state index < -0.39 is 17.7 Å². The molecule has 1 atom stereocenters. The van der Waals surface area contributed by atoms with Crippen LogP contribution in [0.15, 0.2) is 66.2 Å². The largest absolute Gasteiger partial charge is 0.507 e. The fourth-order valence-electron chi connectivity index (χ4n) is 3.40. The topological polar surface area (TPSA) is 60.9 Å². The molecule has 0 spiro atoms. The van der Waals surface area contributed by atoms with Crippen LogP contribution in [0.25, 0.3) is 5.76 Å². The molecule has 2 aromatic rings. The number of amides is 1. The number of rotatable bonds is 6. The third kappa shape index (κ3) is 3.93. The van der Waals surface area contributed by atoms with Gasteiger partial charge >= 0.3 is 0 Å². The number of carbonyl (C=O) groups is 2. The highest BCUT2D eigenvalue weighted by Crippen LogP contribution is 2.39. The molecule has 0 saturated carbocycles. The van der Waals surface area contributed by atoms with Crippen molar-refractivity contribution in [1.82, 2.24) is 9.80 Å². The number of hydrogen-bond acceptors (Lipinski definition) is 4. The fourth-order valence-corrected chi connectivity index (χ4v) is 3.40. The molecule has 0 aliphatic carbocycles. The first kappa shape index (κ1) is 18.9. The number of ketones is 1. The lowest BCUT2D eigenvalue weighted by Crippen LogP contribution is -2.32. The van der Waals surface area contributed by atoms with Crippen LogP contribution >= 0.6 is 0 Å². The second-order valence-corrected chi connectivity index (χ2v) is 6.93. The van der Waals surface area contributed by atoms with Gasteiger partial charge in [0, 0.05) is 12.1 Å². The number of hydrogen-bond donors (Lipinski definition) is 1. The van der Waals surface area contributed by atoms with Crippen molar-refractivity contribution in [1.29, 1.82) is 0 Å². The summed E-state index contributed by atoms with van der Waals surface area (Å²) in [5, 5.41) is 10.8. The molecule has 3 rings (SSSR count). The molecule has 1 aliphatic rings. The van der Waals surface area contributed by atoms with Crippen LogP contribution in [0.2, 0.25) is 0 Å². The Kier molecular flexibility index (Phi) is 5.72. The monoisotopic (exact) mass is 364 g/mol. The van der Waals surface area contributed by atoms with Gasteiger partial charge in [0.2, 0.25) is 0 Å². The average molecular weight is 364 g/mol. The minimum absolute atomic E-state index is 0.127. The maximum absolute atomic E-state index is 12.8. The van der Waals surface area contributed by atoms with Gasteiger partial charge in [0.1, 0.15) is 5.76 Å². The van der Waals surface area contributed by atoms with E-state index >= 15 is 0 Å². The number of aliphatic hydroxyl groups is 1. The Morgan fingerprint density at radius 3 is 2.19 bits per heavy atom. The number of aliphatic hydroxyl groups excluding tert-OH is 1. The minimum atomic E-state index is -0.630. The summed E-state index contributed by atoms with van der Waals surface area (Å²) >= 11 is 0. The smallest absolute Gasteiger partial charge is 0.295 e. The fraction of sp³-hybridized carbons (Fsp3) is 0.273. The van der Waals surface area contributed by atoms with Gasteiger partial charge in [-0.1, -0.05) is 60.7 Å². The average Bonchev–Trinajstić information content (AvgIpc) is 2.93. The molecule has 1 unspecified atom stereocenters. The standard InChI is InChI=1S/C22H24N2O3/c1-23(2)14-9-15-24-19(16-10-5-3-6-11-16)18(21(26)22(24)27)20(25)17-12-7-4-8-13-17/h3-8,10-13,19,25H,9,14-15H2,1-2H3/b20-18+. The number of benzene rings is 2. The Labute approximate surface area is 159 Å². The highest BCUT2D eigenvalue weighted by Gasteiger charge is 2.45. The van der Waals surface area contributed by atoms with Gasteiger partial charge in [-0.25, -0.2) is 0 Å². The summed E-state index contributed by atoms with van der Waals surface area (Å²) < 4.78 is 0. The van der Waals surface area contributed by atoms with E-state index in [1.165, 1.54) is 0 Å². The van der Waals surface area contributed by atoms with Crippen LogP contribution < -0.4 is 0 Å². The molecule has 0 radical (unpaired) electrons. The van der Waals surface area contributed by atoms with Gasteiger partial charge in [-0.3, -0.25) is 9.59 Å². The predicted octanol–water partition coefficient (Wildman–Crippen LogP) is 3.06. The first-order chi connectivity index (χ1) is 13.0. The Hall–Kier alpha value is -2.92. The third-order valence-electron chi connectivity index (χ3n) is 4.71. The minimum Gasteiger partial charge on any atom is -0.507 e. The van der Waals surface area contributed by atoms with Crippen molar-refractivity contribution in [3.63, 3.8) is 0 Å². The molecule has 1 saturated heterocycles. The van der Waals surface area contributed by atoms with Crippen LogP contribution in [0.1, 0.15) is 23.6 Å². The lowest BCUT2D eigenvalue weighted by atomic mass is 9.95. The zero-order valence-corrected chi connectivity index (χ0v) is 15.6. The van der Waals surface area contributed by atoms with Crippen LogP contribution in [0.4, 0.5) is 0 Å². The van der Waals surface area contributed by atoms with Gasteiger partial charge in [0.25, 0.3) is 11.7 Å². The van der Waals surface area contributed by atoms with Gasteiger partial charge < -0.3 is 14.9 Å². The van der Waals surface area contributed by atoms with E-state index in [-0.39, 0.29) is 11.3 Å². The normalized spacial score (nSPS) is 19.1. The van der Waals surface area contributed by atoms with Crippen LogP contribution in [0.3, 0.4) is 0 Å². The van der Waals surface area contributed by atoms with E-state index in [1.54, 1.807) is 29.2 Å². The zero-order chi connectivity index (χ0) is 19.4. The SMILES string of the molecule is CN(C)CCCN1C(=O)C(=O)/C(=C(/O)c2ccccc2)C1c1ccccc1. The lowest BCUT2D eigenvalue weighted by Gasteiger charge is -2.26. The van der Waals surface area contributed by atoms with Gasteiger partial charge in [0.05, 0.1) is 11.6 Å². The Morgan fingerprint density at radius 1 is 1.00 bits per heavy atom. The van der Waals surface area contributed by atoms with Crippen molar-refractivity contribution >= 4 is 17.4 Å². The first-order valence-corrected chi connectivity index (χ1v) is 9.04. The highest BCUT2D eigenvalue weighted by molar-refractivity contribution is 6.46. The summed E-state index contributed by atoms with van der Waals surface area (Å²) in [5.41, 5.74) is 1.51. The summed E-state index contributed by atoms with van der Waals surface area (Å²) in [6.07, 6.45) is 0.745. The molecule has 1 aliphatic heterocycles. The van der Waals surface area contributed by atoms with Crippen molar-refractivity contribution in [3.05, 3.63) is 77.4 Å². The molecule has 1 fully saturated rings. The third-order valence-corrected chi connectivity index (χ3v) is 4.71. The Bertz CT molecular complexity index is 844. The quantitative estimate of drug-likeness (QED) is 0.486. The van der Waals surface area contributed by atoms with E-state index in [9.17, 15) is 14.7 Å². The summed E-state index contributed by atoms with van der Waals surface area (Å²) in [6.45, 7) is 1.26. The molecule has 1 amide bonds. The number of carbonyl (C=O) groups excluding carboxylic acids is 2. The highest BCUT2D eigenvalue weighted by atomic mass is 16.3. The molecule has 5 nitrogen and oxygen atoms in total. The summed E-state index contributed by atoms with van der Waals surface area (Å²) in [6, 6.07) is 17.7. The Balaban J connectivity index is 2.05. The van der Waals surface area contributed by atoms with Crippen molar-refractivity contribution in [2.24, 2.45) is 0 Å². The van der Waals surface area contributed by atoms with Crippen molar-refractivity contribution in [2.75, 3.05) is 27.2 Å². The van der Waals surface area contributed by atoms with Gasteiger partial charge in [-0.2, -0.15) is 0 Å². The molecule has 5 heteroatoms.